The number of benzene rings is 1. The largest absolute Gasteiger partial charge is 0.465 e. The first-order chi connectivity index (χ1) is 8.79. The van der Waals surface area contributed by atoms with Gasteiger partial charge >= 0.3 is 0 Å². The van der Waals surface area contributed by atoms with Crippen LogP contribution in [-0.2, 0) is 0 Å². The third-order valence-electron chi connectivity index (χ3n) is 2.52. The average Bonchev–Trinajstić information content (AvgIpc) is 2.40. The minimum absolute atomic E-state index is 0.413. The predicted molar refractivity (Wildman–Crippen MR) is 81.2 cm³/mol. The van der Waals surface area contributed by atoms with Crippen molar-refractivity contribution in [3.63, 3.8) is 0 Å². The summed E-state index contributed by atoms with van der Waals surface area (Å²) in [6.07, 6.45) is 7.85. The summed E-state index contributed by atoms with van der Waals surface area (Å²) in [4.78, 5) is 0. The number of aryl methyl sites for hydroxylation is 1. The van der Waals surface area contributed by atoms with Crippen LogP contribution in [0.15, 0.2) is 42.7 Å². The van der Waals surface area contributed by atoms with Gasteiger partial charge in [-0.3, -0.25) is 0 Å². The molecule has 1 aromatic rings. The molecule has 1 aromatic carbocycles. The number of hydrogen-bond acceptors (Lipinski definition) is 1. The molecule has 1 nitrogen and oxygen atoms in total. The van der Waals surface area contributed by atoms with E-state index < -0.39 is 0 Å². The van der Waals surface area contributed by atoms with Crippen LogP contribution >= 0.6 is 0 Å². The Morgan fingerprint density at radius 1 is 1.00 bits per heavy atom. The third kappa shape index (κ3) is 4.40. The second kappa shape index (κ2) is 9.52. The van der Waals surface area contributed by atoms with Crippen molar-refractivity contribution in [3.8, 4) is 5.75 Å². The molecule has 0 saturated carbocycles. The predicted octanol–water partition coefficient (Wildman–Crippen LogP) is 5.61. The van der Waals surface area contributed by atoms with Crippen LogP contribution in [0, 0.1) is 6.92 Å². The highest BCUT2D eigenvalue weighted by Crippen LogP contribution is 2.31. The van der Waals surface area contributed by atoms with Gasteiger partial charge < -0.3 is 4.74 Å². The van der Waals surface area contributed by atoms with Crippen molar-refractivity contribution in [2.45, 2.75) is 47.5 Å². The Bertz CT molecular complexity index is 389. The van der Waals surface area contributed by atoms with E-state index in [1.54, 1.807) is 6.26 Å². The number of hydrogen-bond donors (Lipinski definition) is 0. The Morgan fingerprint density at radius 3 is 2.33 bits per heavy atom. The first-order valence-corrected chi connectivity index (χ1v) is 6.88. The van der Waals surface area contributed by atoms with Crippen LogP contribution in [-0.4, -0.2) is 0 Å². The van der Waals surface area contributed by atoms with Crippen molar-refractivity contribution in [1.82, 2.24) is 0 Å². The molecule has 0 fully saturated rings. The van der Waals surface area contributed by atoms with E-state index in [0.29, 0.717) is 5.92 Å². The normalized spacial score (nSPS) is 19.3. The van der Waals surface area contributed by atoms with Crippen LogP contribution < -0.4 is 4.74 Å². The number of fused-ring (bicyclic) bond motifs is 1. The fourth-order valence-electron chi connectivity index (χ4n) is 1.83. The van der Waals surface area contributed by atoms with Crippen molar-refractivity contribution >= 4 is 0 Å². The van der Waals surface area contributed by atoms with Crippen LogP contribution in [0.4, 0.5) is 0 Å². The summed E-state index contributed by atoms with van der Waals surface area (Å²) < 4.78 is 5.55. The molecule has 0 amide bonds. The smallest absolute Gasteiger partial charge is 0.130 e. The highest BCUT2D eigenvalue weighted by molar-refractivity contribution is 5.45. The maximum absolute atomic E-state index is 5.55. The Labute approximate surface area is 112 Å². The summed E-state index contributed by atoms with van der Waals surface area (Å²) in [6.45, 7) is 12.3. The fraction of sp³-hybridized carbons (Fsp3) is 0.412. The maximum Gasteiger partial charge on any atom is 0.130 e. The van der Waals surface area contributed by atoms with Crippen molar-refractivity contribution in [2.24, 2.45) is 0 Å². The zero-order valence-electron chi connectivity index (χ0n) is 12.5. The molecule has 18 heavy (non-hydrogen) atoms. The molecule has 1 atom stereocenters. The average molecular weight is 246 g/mol. The Hall–Kier alpha value is -1.50. The first kappa shape index (κ1) is 16.5. The summed E-state index contributed by atoms with van der Waals surface area (Å²) in [5, 5.41) is 0. The number of rotatable bonds is 0. The fourth-order valence-corrected chi connectivity index (χ4v) is 1.83. The van der Waals surface area contributed by atoms with E-state index in [9.17, 15) is 0 Å². The summed E-state index contributed by atoms with van der Waals surface area (Å²) >= 11 is 0. The minimum Gasteiger partial charge on any atom is -0.465 e. The van der Waals surface area contributed by atoms with Gasteiger partial charge in [-0.15, -0.1) is 0 Å². The van der Waals surface area contributed by atoms with E-state index in [4.69, 9.17) is 4.74 Å². The van der Waals surface area contributed by atoms with Gasteiger partial charge in [0.25, 0.3) is 0 Å². The summed E-state index contributed by atoms with van der Waals surface area (Å²) in [7, 11) is 0. The lowest BCUT2D eigenvalue weighted by Gasteiger charge is -2.16. The minimum atomic E-state index is 0.413. The molecule has 0 bridgehead atoms. The summed E-state index contributed by atoms with van der Waals surface area (Å²) in [5.74, 6) is 1.38. The third-order valence-corrected chi connectivity index (χ3v) is 2.52. The molecule has 1 unspecified atom stereocenters. The maximum atomic E-state index is 5.55. The van der Waals surface area contributed by atoms with Crippen LogP contribution in [0.25, 0.3) is 0 Å². The molecular weight excluding hydrogens is 220 g/mol. The van der Waals surface area contributed by atoms with Crippen molar-refractivity contribution in [3.05, 3.63) is 53.8 Å². The standard InChI is InChI=1S/C13H14O.2C2H6/c1-10-6-3-4-9-14-12-8-5-7-11(2)13(10)12;2*1-2/h3-10H,1-2H3;2*1-2H3/b6-3-,9-4-;;. The van der Waals surface area contributed by atoms with Gasteiger partial charge in [0, 0.05) is 11.5 Å². The Morgan fingerprint density at radius 2 is 1.67 bits per heavy atom. The SMILES string of the molecule is CC.CC.Cc1cccc2c1C(C)/C=C\C=C/O2. The zero-order valence-corrected chi connectivity index (χ0v) is 12.5. The molecule has 1 aliphatic heterocycles. The molecule has 0 aliphatic carbocycles. The van der Waals surface area contributed by atoms with Crippen LogP contribution in [0.1, 0.15) is 51.7 Å². The van der Waals surface area contributed by atoms with Crippen LogP contribution in [0.3, 0.4) is 0 Å². The van der Waals surface area contributed by atoms with E-state index in [1.165, 1.54) is 11.1 Å². The molecule has 0 radical (unpaired) electrons. The van der Waals surface area contributed by atoms with Gasteiger partial charge in [0.05, 0.1) is 6.26 Å². The monoisotopic (exact) mass is 246 g/mol. The Kier molecular flexibility index (Phi) is 8.73. The van der Waals surface area contributed by atoms with E-state index >= 15 is 0 Å². The molecule has 1 heteroatoms. The highest BCUT2D eigenvalue weighted by atomic mass is 16.5. The molecular formula is C17H26O. The van der Waals surface area contributed by atoms with E-state index in [-0.39, 0.29) is 0 Å². The van der Waals surface area contributed by atoms with Crippen LogP contribution in [0.5, 0.6) is 5.75 Å². The zero-order chi connectivity index (χ0) is 14.0. The molecule has 1 aliphatic rings. The molecule has 1 heterocycles. The van der Waals surface area contributed by atoms with Gasteiger partial charge in [-0.25, -0.2) is 0 Å². The van der Waals surface area contributed by atoms with Gasteiger partial charge in [0.15, 0.2) is 0 Å². The number of allylic oxidation sites excluding steroid dienone is 3. The van der Waals surface area contributed by atoms with Gasteiger partial charge in [0.1, 0.15) is 5.75 Å². The van der Waals surface area contributed by atoms with E-state index in [1.807, 2.05) is 52.0 Å². The lowest BCUT2D eigenvalue weighted by molar-refractivity contribution is 0.471. The van der Waals surface area contributed by atoms with Crippen molar-refractivity contribution in [1.29, 1.82) is 0 Å². The highest BCUT2D eigenvalue weighted by Gasteiger charge is 2.12. The quantitative estimate of drug-likeness (QED) is 0.578. The van der Waals surface area contributed by atoms with Gasteiger partial charge in [-0.2, -0.15) is 0 Å². The van der Waals surface area contributed by atoms with Crippen LogP contribution in [0.2, 0.25) is 0 Å². The molecule has 0 spiro atoms. The lowest BCUT2D eigenvalue weighted by atomic mass is 9.94. The van der Waals surface area contributed by atoms with Crippen molar-refractivity contribution < 1.29 is 4.74 Å². The topological polar surface area (TPSA) is 9.23 Å². The Balaban J connectivity index is 0.000000659. The first-order valence-electron chi connectivity index (χ1n) is 6.88. The molecule has 0 saturated heterocycles. The molecule has 0 N–H and O–H groups in total. The lowest BCUT2D eigenvalue weighted by Crippen LogP contribution is -1.99. The van der Waals surface area contributed by atoms with Gasteiger partial charge in [0.2, 0.25) is 0 Å². The van der Waals surface area contributed by atoms with Gasteiger partial charge in [-0.1, -0.05) is 58.9 Å². The summed E-state index contributed by atoms with van der Waals surface area (Å²) in [5.41, 5.74) is 2.57. The molecule has 100 valence electrons. The second-order valence-electron chi connectivity index (χ2n) is 3.61. The van der Waals surface area contributed by atoms with E-state index in [0.717, 1.165) is 5.75 Å². The van der Waals surface area contributed by atoms with E-state index in [2.05, 4.69) is 26.0 Å². The van der Waals surface area contributed by atoms with Gasteiger partial charge in [-0.05, 0) is 24.6 Å². The second-order valence-corrected chi connectivity index (χ2v) is 3.61. The van der Waals surface area contributed by atoms with Crippen molar-refractivity contribution in [2.75, 3.05) is 0 Å². The summed E-state index contributed by atoms with van der Waals surface area (Å²) in [6, 6.07) is 6.17. The molecule has 2 rings (SSSR count). The molecule has 0 aromatic heterocycles. The number of ether oxygens (including phenoxy) is 1.